The summed E-state index contributed by atoms with van der Waals surface area (Å²) in [4.78, 5) is 12.0. The quantitative estimate of drug-likeness (QED) is 0.887. The molecule has 1 aromatic rings. The summed E-state index contributed by atoms with van der Waals surface area (Å²) in [5.74, 6) is 0.590. The zero-order valence-corrected chi connectivity index (χ0v) is 13.2. The van der Waals surface area contributed by atoms with E-state index in [1.165, 1.54) is 6.42 Å². The third-order valence-electron chi connectivity index (χ3n) is 4.03. The van der Waals surface area contributed by atoms with Crippen LogP contribution in [0.5, 0.6) is 0 Å². The number of hydrogen-bond donors (Lipinski definition) is 2. The average Bonchev–Trinajstić information content (AvgIpc) is 2.36. The van der Waals surface area contributed by atoms with Gasteiger partial charge in [0.25, 0.3) is 0 Å². The fourth-order valence-corrected chi connectivity index (χ4v) is 3.42. The van der Waals surface area contributed by atoms with Gasteiger partial charge in [-0.2, -0.15) is 0 Å². The Labute approximate surface area is 127 Å². The van der Waals surface area contributed by atoms with Crippen LogP contribution in [-0.4, -0.2) is 12.2 Å². The Kier molecular flexibility index (Phi) is 4.88. The normalized spacial score (nSPS) is 24.4. The molecule has 0 aliphatic heterocycles. The predicted octanol–water partition coefficient (Wildman–Crippen LogP) is 3.91. The molecular weight excluding hydrogens is 264 g/mol. The monoisotopic (exact) mass is 290 g/mol. The molecule has 1 aliphatic rings. The van der Waals surface area contributed by atoms with Gasteiger partial charge in [-0.25, -0.2) is 4.79 Å². The lowest BCUT2D eigenvalue weighted by Crippen LogP contribution is -2.35. The van der Waals surface area contributed by atoms with Crippen molar-refractivity contribution in [2.24, 2.45) is 17.1 Å². The van der Waals surface area contributed by atoms with Crippen molar-refractivity contribution in [1.29, 1.82) is 0 Å². The van der Waals surface area contributed by atoms with E-state index < -0.39 is 0 Å². The molecule has 2 atom stereocenters. The van der Waals surface area contributed by atoms with Crippen molar-refractivity contribution in [3.63, 3.8) is 0 Å². The lowest BCUT2D eigenvalue weighted by atomic mass is 9.71. The Morgan fingerprint density at radius 1 is 1.43 bits per heavy atom. The molecule has 0 bridgehead atoms. The van der Waals surface area contributed by atoms with Crippen molar-refractivity contribution in [2.45, 2.75) is 52.7 Å². The molecule has 2 unspecified atom stereocenters. The molecule has 1 aromatic carbocycles. The van der Waals surface area contributed by atoms with Gasteiger partial charge in [0.05, 0.1) is 0 Å². The number of rotatable bonds is 3. The zero-order valence-electron chi connectivity index (χ0n) is 13.2. The van der Waals surface area contributed by atoms with Crippen molar-refractivity contribution < 1.29 is 9.53 Å². The van der Waals surface area contributed by atoms with Crippen LogP contribution in [0.3, 0.4) is 0 Å². The lowest BCUT2D eigenvalue weighted by molar-refractivity contribution is 0.0250. The van der Waals surface area contributed by atoms with Crippen LogP contribution in [0.25, 0.3) is 0 Å². The minimum Gasteiger partial charge on any atom is -0.446 e. The van der Waals surface area contributed by atoms with E-state index in [9.17, 15) is 4.79 Å². The van der Waals surface area contributed by atoms with E-state index in [1.54, 1.807) is 0 Å². The third-order valence-corrected chi connectivity index (χ3v) is 4.03. The highest BCUT2D eigenvalue weighted by atomic mass is 16.6. The molecule has 0 saturated heterocycles. The van der Waals surface area contributed by atoms with Crippen molar-refractivity contribution in [1.82, 2.24) is 0 Å². The number of amides is 1. The summed E-state index contributed by atoms with van der Waals surface area (Å²) in [6.07, 6.45) is 2.68. The molecule has 4 nitrogen and oxygen atoms in total. The first-order valence-electron chi connectivity index (χ1n) is 7.64. The number of ether oxygens (including phenoxy) is 1. The van der Waals surface area contributed by atoms with Crippen LogP contribution in [0.4, 0.5) is 10.5 Å². The first kappa shape index (κ1) is 15.8. The standard InChI is InChI=1S/C17H26N2O2/c1-12-7-15(10-17(2,3)9-12)21-16(20)19-14-6-4-5-13(8-14)11-18/h4-6,8,12,15H,7,9-11,18H2,1-3H3,(H,19,20). The van der Waals surface area contributed by atoms with Crippen LogP contribution in [0.2, 0.25) is 0 Å². The van der Waals surface area contributed by atoms with Crippen molar-refractivity contribution in [2.75, 3.05) is 5.32 Å². The van der Waals surface area contributed by atoms with Crippen LogP contribution in [0, 0.1) is 11.3 Å². The number of nitrogens with one attached hydrogen (secondary N) is 1. The zero-order chi connectivity index (χ0) is 15.5. The molecule has 4 heteroatoms. The van der Waals surface area contributed by atoms with E-state index in [-0.39, 0.29) is 17.6 Å². The molecule has 0 spiro atoms. The number of anilines is 1. The molecule has 1 saturated carbocycles. The number of benzene rings is 1. The van der Waals surface area contributed by atoms with Crippen molar-refractivity contribution in [3.8, 4) is 0 Å². The smallest absolute Gasteiger partial charge is 0.411 e. The second kappa shape index (κ2) is 6.48. The summed E-state index contributed by atoms with van der Waals surface area (Å²) in [5.41, 5.74) is 7.55. The highest BCUT2D eigenvalue weighted by molar-refractivity contribution is 5.84. The molecular formula is C17H26N2O2. The summed E-state index contributed by atoms with van der Waals surface area (Å²) in [6, 6.07) is 7.52. The molecule has 2 rings (SSSR count). The van der Waals surface area contributed by atoms with Gasteiger partial charge >= 0.3 is 6.09 Å². The molecule has 1 aliphatic carbocycles. The number of carbonyl (C=O) groups is 1. The van der Waals surface area contributed by atoms with E-state index in [0.717, 1.165) is 24.1 Å². The Morgan fingerprint density at radius 2 is 2.19 bits per heavy atom. The highest BCUT2D eigenvalue weighted by Crippen LogP contribution is 2.39. The van der Waals surface area contributed by atoms with Crippen LogP contribution in [0.15, 0.2) is 24.3 Å². The Bertz CT molecular complexity index is 499. The average molecular weight is 290 g/mol. The second-order valence-electron chi connectivity index (χ2n) is 6.97. The minimum absolute atomic E-state index is 0.00133. The van der Waals surface area contributed by atoms with E-state index in [2.05, 4.69) is 26.1 Å². The number of nitrogens with two attached hydrogens (primary N) is 1. The molecule has 0 radical (unpaired) electrons. The SMILES string of the molecule is CC1CC(OC(=O)Nc2cccc(CN)c2)CC(C)(C)C1. The molecule has 3 N–H and O–H groups in total. The van der Waals surface area contributed by atoms with E-state index in [0.29, 0.717) is 12.5 Å². The summed E-state index contributed by atoms with van der Waals surface area (Å²) in [5, 5.41) is 2.79. The summed E-state index contributed by atoms with van der Waals surface area (Å²) in [7, 11) is 0. The predicted molar refractivity (Wildman–Crippen MR) is 85.0 cm³/mol. The van der Waals surface area contributed by atoms with E-state index in [4.69, 9.17) is 10.5 Å². The maximum atomic E-state index is 12.0. The first-order chi connectivity index (χ1) is 9.88. The first-order valence-corrected chi connectivity index (χ1v) is 7.64. The summed E-state index contributed by atoms with van der Waals surface area (Å²) >= 11 is 0. The van der Waals surface area contributed by atoms with Gasteiger partial charge in [-0.15, -0.1) is 0 Å². The largest absolute Gasteiger partial charge is 0.446 e. The van der Waals surface area contributed by atoms with Crippen molar-refractivity contribution >= 4 is 11.8 Å². The van der Waals surface area contributed by atoms with Gasteiger partial charge in [0.15, 0.2) is 0 Å². The second-order valence-corrected chi connectivity index (χ2v) is 6.97. The summed E-state index contributed by atoms with van der Waals surface area (Å²) < 4.78 is 5.59. The minimum atomic E-state index is -0.376. The molecule has 1 amide bonds. The van der Waals surface area contributed by atoms with Crippen molar-refractivity contribution in [3.05, 3.63) is 29.8 Å². The Hall–Kier alpha value is -1.55. The fraction of sp³-hybridized carbons (Fsp3) is 0.588. The lowest BCUT2D eigenvalue weighted by Gasteiger charge is -2.38. The van der Waals surface area contributed by atoms with Gasteiger partial charge in [-0.3, -0.25) is 5.32 Å². The van der Waals surface area contributed by atoms with Crippen LogP contribution in [0.1, 0.15) is 45.6 Å². The van der Waals surface area contributed by atoms with Gasteiger partial charge in [0, 0.05) is 12.2 Å². The molecule has 21 heavy (non-hydrogen) atoms. The molecule has 1 fully saturated rings. The molecule has 116 valence electrons. The third kappa shape index (κ3) is 4.74. The Morgan fingerprint density at radius 3 is 2.86 bits per heavy atom. The topological polar surface area (TPSA) is 64.3 Å². The number of hydrogen-bond acceptors (Lipinski definition) is 3. The molecule has 0 heterocycles. The Balaban J connectivity index is 1.92. The van der Waals surface area contributed by atoms with Gasteiger partial charge in [-0.1, -0.05) is 32.9 Å². The molecule has 0 aromatic heterocycles. The summed E-state index contributed by atoms with van der Waals surface area (Å²) in [6.45, 7) is 7.15. The number of carbonyl (C=O) groups excluding carboxylic acids is 1. The van der Waals surface area contributed by atoms with Gasteiger partial charge in [0.2, 0.25) is 0 Å². The van der Waals surface area contributed by atoms with E-state index >= 15 is 0 Å². The van der Waals surface area contributed by atoms with Gasteiger partial charge < -0.3 is 10.5 Å². The fourth-order valence-electron chi connectivity index (χ4n) is 3.42. The van der Waals surface area contributed by atoms with Gasteiger partial charge in [-0.05, 0) is 48.3 Å². The van der Waals surface area contributed by atoms with Crippen LogP contribution < -0.4 is 11.1 Å². The van der Waals surface area contributed by atoms with E-state index in [1.807, 2.05) is 24.3 Å². The van der Waals surface area contributed by atoms with Crippen LogP contribution in [-0.2, 0) is 11.3 Å². The maximum Gasteiger partial charge on any atom is 0.411 e. The van der Waals surface area contributed by atoms with Gasteiger partial charge in [0.1, 0.15) is 6.10 Å². The highest BCUT2D eigenvalue weighted by Gasteiger charge is 2.33. The van der Waals surface area contributed by atoms with Crippen LogP contribution >= 0.6 is 0 Å². The maximum absolute atomic E-state index is 12.0.